The molecule has 116 valence electrons. The summed E-state index contributed by atoms with van der Waals surface area (Å²) in [6.45, 7) is -0.125. The van der Waals surface area contributed by atoms with Crippen molar-refractivity contribution in [3.8, 4) is 0 Å². The summed E-state index contributed by atoms with van der Waals surface area (Å²) in [5.41, 5.74) is 11.0. The van der Waals surface area contributed by atoms with E-state index in [-0.39, 0.29) is 25.2 Å². The average molecular weight is 304 g/mol. The number of carbonyl (C=O) groups excluding carboxylic acids is 3. The van der Waals surface area contributed by atoms with E-state index in [2.05, 4.69) is 5.10 Å². The summed E-state index contributed by atoms with van der Waals surface area (Å²) in [7, 11) is 0. The number of para-hydroxylation sites is 1. The van der Waals surface area contributed by atoms with Crippen LogP contribution in [0.4, 0.5) is 5.69 Å². The zero-order valence-corrected chi connectivity index (χ0v) is 11.8. The SMILES string of the molecule is NC(=O)CCOC(=O)C1=NN(c2ccccc2)[C@@H](C(N)=O)C1. The third-order valence-electron chi connectivity index (χ3n) is 3.08. The van der Waals surface area contributed by atoms with E-state index in [1.165, 1.54) is 5.01 Å². The largest absolute Gasteiger partial charge is 0.461 e. The number of carbonyl (C=O) groups is 3. The van der Waals surface area contributed by atoms with Gasteiger partial charge in [-0.1, -0.05) is 18.2 Å². The Morgan fingerprint density at radius 3 is 2.50 bits per heavy atom. The number of anilines is 1. The maximum atomic E-state index is 11.9. The highest BCUT2D eigenvalue weighted by Gasteiger charge is 2.35. The normalized spacial score (nSPS) is 17.0. The first-order chi connectivity index (χ1) is 10.5. The van der Waals surface area contributed by atoms with Crippen LogP contribution >= 0.6 is 0 Å². The predicted octanol–water partition coefficient (Wildman–Crippen LogP) is -0.475. The van der Waals surface area contributed by atoms with Gasteiger partial charge in [-0.3, -0.25) is 14.6 Å². The minimum Gasteiger partial charge on any atom is -0.461 e. The molecule has 0 spiro atoms. The molecule has 2 rings (SSSR count). The van der Waals surface area contributed by atoms with Crippen molar-refractivity contribution in [2.45, 2.75) is 18.9 Å². The van der Waals surface area contributed by atoms with E-state index in [1.807, 2.05) is 6.07 Å². The summed E-state index contributed by atoms with van der Waals surface area (Å²) in [6.07, 6.45) is -0.0136. The zero-order valence-electron chi connectivity index (χ0n) is 11.8. The van der Waals surface area contributed by atoms with E-state index in [4.69, 9.17) is 16.2 Å². The van der Waals surface area contributed by atoms with Gasteiger partial charge < -0.3 is 16.2 Å². The lowest BCUT2D eigenvalue weighted by Crippen LogP contribution is -2.39. The molecule has 0 unspecified atom stereocenters. The summed E-state index contributed by atoms with van der Waals surface area (Å²) >= 11 is 0. The summed E-state index contributed by atoms with van der Waals surface area (Å²) in [5, 5.41) is 5.51. The first-order valence-electron chi connectivity index (χ1n) is 6.65. The molecule has 1 heterocycles. The van der Waals surface area contributed by atoms with Crippen molar-refractivity contribution in [3.05, 3.63) is 30.3 Å². The van der Waals surface area contributed by atoms with Crippen molar-refractivity contribution >= 4 is 29.2 Å². The van der Waals surface area contributed by atoms with Crippen molar-refractivity contribution in [3.63, 3.8) is 0 Å². The molecule has 1 aliphatic rings. The van der Waals surface area contributed by atoms with Crippen molar-refractivity contribution in [2.75, 3.05) is 11.6 Å². The third kappa shape index (κ3) is 3.60. The molecule has 2 amide bonds. The van der Waals surface area contributed by atoms with Gasteiger partial charge in [-0.05, 0) is 12.1 Å². The van der Waals surface area contributed by atoms with Crippen LogP contribution in [0.3, 0.4) is 0 Å². The number of esters is 1. The number of nitrogens with zero attached hydrogens (tertiary/aromatic N) is 2. The molecule has 0 saturated carbocycles. The van der Waals surface area contributed by atoms with Gasteiger partial charge in [0.1, 0.15) is 18.4 Å². The maximum Gasteiger partial charge on any atom is 0.354 e. The Balaban J connectivity index is 2.11. The Kier molecular flexibility index (Phi) is 4.72. The number of ether oxygens (including phenoxy) is 1. The molecule has 1 aromatic carbocycles. The second-order valence-corrected chi connectivity index (χ2v) is 4.70. The van der Waals surface area contributed by atoms with Crippen molar-refractivity contribution in [1.29, 1.82) is 0 Å². The lowest BCUT2D eigenvalue weighted by molar-refractivity contribution is -0.136. The van der Waals surface area contributed by atoms with Crippen LogP contribution in [0.5, 0.6) is 0 Å². The topological polar surface area (TPSA) is 128 Å². The smallest absolute Gasteiger partial charge is 0.354 e. The molecule has 22 heavy (non-hydrogen) atoms. The summed E-state index contributed by atoms with van der Waals surface area (Å²) in [4.78, 5) is 34.1. The van der Waals surface area contributed by atoms with Gasteiger partial charge in [0, 0.05) is 6.42 Å². The fraction of sp³-hybridized carbons (Fsp3) is 0.286. The molecule has 8 heteroatoms. The van der Waals surface area contributed by atoms with Crippen molar-refractivity contribution in [2.24, 2.45) is 16.6 Å². The lowest BCUT2D eigenvalue weighted by atomic mass is 10.1. The molecule has 1 aromatic rings. The van der Waals surface area contributed by atoms with Crippen molar-refractivity contribution < 1.29 is 19.1 Å². The number of rotatable bonds is 6. The molecule has 0 radical (unpaired) electrons. The second kappa shape index (κ2) is 6.70. The van der Waals surface area contributed by atoms with Crippen LogP contribution in [-0.2, 0) is 19.1 Å². The van der Waals surface area contributed by atoms with Crippen molar-refractivity contribution in [1.82, 2.24) is 0 Å². The number of hydrogen-bond donors (Lipinski definition) is 2. The first kappa shape index (κ1) is 15.5. The minimum atomic E-state index is -0.749. The molecule has 8 nitrogen and oxygen atoms in total. The van der Waals surface area contributed by atoms with Crippen LogP contribution in [0.2, 0.25) is 0 Å². The Labute approximate surface area is 126 Å². The zero-order chi connectivity index (χ0) is 16.1. The second-order valence-electron chi connectivity index (χ2n) is 4.70. The van der Waals surface area contributed by atoms with E-state index in [9.17, 15) is 14.4 Å². The fourth-order valence-electron chi connectivity index (χ4n) is 2.00. The number of hydrazone groups is 1. The van der Waals surface area contributed by atoms with Crippen LogP contribution < -0.4 is 16.5 Å². The minimum absolute atomic E-state index is 0.0552. The van der Waals surface area contributed by atoms with E-state index < -0.39 is 23.8 Å². The molecule has 1 atom stereocenters. The molecule has 4 N–H and O–H groups in total. The van der Waals surface area contributed by atoms with Crippen LogP contribution in [0.25, 0.3) is 0 Å². The number of primary amides is 2. The van der Waals surface area contributed by atoms with Crippen LogP contribution in [0, 0.1) is 0 Å². The van der Waals surface area contributed by atoms with Crippen LogP contribution in [0.1, 0.15) is 12.8 Å². The number of benzene rings is 1. The predicted molar refractivity (Wildman–Crippen MR) is 78.7 cm³/mol. The Morgan fingerprint density at radius 2 is 1.91 bits per heavy atom. The molecule has 0 bridgehead atoms. The monoisotopic (exact) mass is 304 g/mol. The molecule has 0 saturated heterocycles. The molecular formula is C14H16N4O4. The highest BCUT2D eigenvalue weighted by atomic mass is 16.5. The van der Waals surface area contributed by atoms with E-state index in [0.717, 1.165) is 0 Å². The summed E-state index contributed by atoms with van der Waals surface area (Å²) in [5.74, 6) is -1.85. The van der Waals surface area contributed by atoms with Gasteiger partial charge in [-0.2, -0.15) is 5.10 Å². The van der Waals surface area contributed by atoms with Gasteiger partial charge in [-0.25, -0.2) is 4.79 Å². The van der Waals surface area contributed by atoms with E-state index >= 15 is 0 Å². The quantitative estimate of drug-likeness (QED) is 0.686. The Bertz CT molecular complexity index is 615. The summed E-state index contributed by atoms with van der Waals surface area (Å²) in [6, 6.07) is 8.14. The first-order valence-corrected chi connectivity index (χ1v) is 6.65. The number of hydrogen-bond acceptors (Lipinski definition) is 6. The maximum absolute atomic E-state index is 11.9. The molecule has 1 aliphatic heterocycles. The van der Waals surface area contributed by atoms with Gasteiger partial charge in [0.25, 0.3) is 0 Å². The Hall–Kier alpha value is -2.90. The molecule has 0 fully saturated rings. The van der Waals surface area contributed by atoms with Gasteiger partial charge in [0.2, 0.25) is 11.8 Å². The van der Waals surface area contributed by atoms with E-state index in [1.54, 1.807) is 24.3 Å². The molecular weight excluding hydrogens is 288 g/mol. The highest BCUT2D eigenvalue weighted by molar-refractivity contribution is 6.38. The number of nitrogens with two attached hydrogens (primary N) is 2. The average Bonchev–Trinajstić information content (AvgIpc) is 2.93. The third-order valence-corrected chi connectivity index (χ3v) is 3.08. The molecule has 0 aliphatic carbocycles. The van der Waals surface area contributed by atoms with Gasteiger partial charge in [-0.15, -0.1) is 0 Å². The van der Waals surface area contributed by atoms with Crippen LogP contribution in [0.15, 0.2) is 35.4 Å². The standard InChI is InChI=1S/C14H16N4O4/c15-12(19)6-7-22-14(21)10-8-11(13(16)20)18(17-10)9-4-2-1-3-5-9/h1-5,11H,6-8H2,(H2,15,19)(H2,16,20)/t11-/m1/s1. The summed E-state index contributed by atoms with van der Waals surface area (Å²) < 4.78 is 4.90. The lowest BCUT2D eigenvalue weighted by Gasteiger charge is -2.20. The fourth-order valence-corrected chi connectivity index (χ4v) is 2.00. The van der Waals surface area contributed by atoms with E-state index in [0.29, 0.717) is 5.69 Å². The number of amides is 2. The van der Waals surface area contributed by atoms with Gasteiger partial charge in [0.05, 0.1) is 12.1 Å². The Morgan fingerprint density at radius 1 is 1.23 bits per heavy atom. The highest BCUT2D eigenvalue weighted by Crippen LogP contribution is 2.24. The van der Waals surface area contributed by atoms with Gasteiger partial charge >= 0.3 is 5.97 Å². The van der Waals surface area contributed by atoms with Gasteiger partial charge in [0.15, 0.2) is 0 Å². The molecule has 0 aromatic heterocycles. The van der Waals surface area contributed by atoms with Crippen LogP contribution in [-0.4, -0.2) is 36.1 Å².